The van der Waals surface area contributed by atoms with E-state index in [-0.39, 0.29) is 11.4 Å². The van der Waals surface area contributed by atoms with Gasteiger partial charge in [-0.25, -0.2) is 14.9 Å². The van der Waals surface area contributed by atoms with Crippen molar-refractivity contribution < 1.29 is 19.1 Å². The molecule has 0 radical (unpaired) electrons. The van der Waals surface area contributed by atoms with E-state index >= 15 is 0 Å². The molecule has 2 amide bonds. The summed E-state index contributed by atoms with van der Waals surface area (Å²) in [4.78, 5) is 34.7. The molecule has 23 heavy (non-hydrogen) atoms. The summed E-state index contributed by atoms with van der Waals surface area (Å²) in [6.45, 7) is 3.49. The number of rotatable bonds is 3. The summed E-state index contributed by atoms with van der Waals surface area (Å²) in [7, 11) is 2.97. The van der Waals surface area contributed by atoms with Crippen molar-refractivity contribution in [2.75, 3.05) is 19.1 Å². The number of aryl methyl sites for hydroxylation is 2. The lowest BCUT2D eigenvalue weighted by atomic mass is 10.2. The zero-order valence-electron chi connectivity index (χ0n) is 13.2. The van der Waals surface area contributed by atoms with Crippen LogP contribution in [0.5, 0.6) is 11.5 Å². The van der Waals surface area contributed by atoms with E-state index in [1.807, 2.05) is 0 Å². The fourth-order valence-electron chi connectivity index (χ4n) is 2.40. The molecule has 0 spiro atoms. The van der Waals surface area contributed by atoms with Gasteiger partial charge in [0.15, 0.2) is 11.4 Å². The van der Waals surface area contributed by atoms with Crippen LogP contribution in [0.2, 0.25) is 0 Å². The zero-order chi connectivity index (χ0) is 16.7. The fourth-order valence-corrected chi connectivity index (χ4v) is 2.40. The van der Waals surface area contributed by atoms with E-state index in [2.05, 4.69) is 9.97 Å². The summed E-state index contributed by atoms with van der Waals surface area (Å²) in [5.41, 5.74) is 1.65. The minimum atomic E-state index is -0.521. The Morgan fingerprint density at radius 3 is 1.96 bits per heavy atom. The third kappa shape index (κ3) is 2.21. The number of ether oxygens (including phenoxy) is 2. The number of hydrogen-bond acceptors (Lipinski definition) is 6. The Balaban J connectivity index is 2.16. The topological polar surface area (TPSA) is 81.6 Å². The molecule has 118 valence electrons. The highest BCUT2D eigenvalue weighted by molar-refractivity contribution is 6.33. The Bertz CT molecular complexity index is 791. The van der Waals surface area contributed by atoms with Gasteiger partial charge in [0.1, 0.15) is 11.5 Å². The number of anilines is 1. The Hall–Kier alpha value is -2.96. The Labute approximate surface area is 132 Å². The summed E-state index contributed by atoms with van der Waals surface area (Å²) in [5, 5.41) is 0. The van der Waals surface area contributed by atoms with E-state index in [0.29, 0.717) is 28.6 Å². The van der Waals surface area contributed by atoms with Crippen molar-refractivity contribution in [3.63, 3.8) is 0 Å². The second-order valence-corrected chi connectivity index (χ2v) is 5.08. The highest BCUT2D eigenvalue weighted by Gasteiger charge is 2.41. The molecule has 2 heterocycles. The van der Waals surface area contributed by atoms with Gasteiger partial charge < -0.3 is 9.47 Å². The number of aromatic nitrogens is 2. The van der Waals surface area contributed by atoms with Gasteiger partial charge in [-0.15, -0.1) is 0 Å². The lowest BCUT2D eigenvalue weighted by Gasteiger charge is -2.17. The Morgan fingerprint density at radius 1 is 0.913 bits per heavy atom. The molecule has 0 unspecified atom stereocenters. The Morgan fingerprint density at radius 2 is 1.48 bits per heavy atom. The van der Waals surface area contributed by atoms with Crippen LogP contribution >= 0.6 is 0 Å². The molecule has 1 aliphatic rings. The van der Waals surface area contributed by atoms with Gasteiger partial charge in [0, 0.05) is 6.07 Å². The molecular formula is C16H15N3O4. The van der Waals surface area contributed by atoms with Crippen LogP contribution in [0.1, 0.15) is 32.4 Å². The number of methoxy groups -OCH3 is 2. The van der Waals surface area contributed by atoms with Crippen LogP contribution in [-0.2, 0) is 0 Å². The van der Waals surface area contributed by atoms with Gasteiger partial charge in [-0.1, -0.05) is 0 Å². The van der Waals surface area contributed by atoms with Crippen LogP contribution in [0.3, 0.4) is 0 Å². The number of nitrogens with zero attached hydrogens (tertiary/aromatic N) is 3. The van der Waals surface area contributed by atoms with Crippen molar-refractivity contribution >= 4 is 17.5 Å². The van der Waals surface area contributed by atoms with E-state index in [1.54, 1.807) is 32.0 Å². The minimum absolute atomic E-state index is 0.0583. The number of carbonyl (C=O) groups is 2. The molecule has 1 aromatic carbocycles. The second-order valence-electron chi connectivity index (χ2n) is 5.08. The maximum Gasteiger partial charge on any atom is 0.286 e. The number of imide groups is 1. The average molecular weight is 313 g/mol. The molecule has 2 aromatic rings. The maximum atomic E-state index is 12.6. The van der Waals surface area contributed by atoms with Gasteiger partial charge in [0.25, 0.3) is 11.8 Å². The summed E-state index contributed by atoms with van der Waals surface area (Å²) in [5.74, 6) is -0.154. The molecule has 0 saturated carbocycles. The van der Waals surface area contributed by atoms with Gasteiger partial charge in [0.05, 0.1) is 31.3 Å². The van der Waals surface area contributed by atoms with Crippen molar-refractivity contribution in [3.05, 3.63) is 41.0 Å². The molecule has 7 nitrogen and oxygen atoms in total. The quantitative estimate of drug-likeness (QED) is 0.805. The lowest BCUT2D eigenvalue weighted by Crippen LogP contribution is -2.30. The molecule has 0 saturated heterocycles. The highest BCUT2D eigenvalue weighted by Crippen LogP contribution is 2.36. The first-order chi connectivity index (χ1) is 11.0. The smallest absolute Gasteiger partial charge is 0.286 e. The van der Waals surface area contributed by atoms with Crippen molar-refractivity contribution in [2.24, 2.45) is 0 Å². The van der Waals surface area contributed by atoms with Crippen LogP contribution < -0.4 is 14.4 Å². The number of carbonyl (C=O) groups excluding carboxylic acids is 2. The molecule has 7 heteroatoms. The molecular weight excluding hydrogens is 298 g/mol. The van der Waals surface area contributed by atoms with Gasteiger partial charge in [-0.05, 0) is 26.0 Å². The number of hydrogen-bond donors (Lipinski definition) is 0. The molecule has 1 aromatic heterocycles. The van der Waals surface area contributed by atoms with Crippen LogP contribution in [0.15, 0.2) is 18.2 Å². The van der Waals surface area contributed by atoms with E-state index < -0.39 is 11.8 Å². The van der Waals surface area contributed by atoms with Gasteiger partial charge >= 0.3 is 0 Å². The summed E-state index contributed by atoms with van der Waals surface area (Å²) < 4.78 is 10.4. The number of benzene rings is 1. The highest BCUT2D eigenvalue weighted by atomic mass is 16.5. The van der Waals surface area contributed by atoms with Gasteiger partial charge in [-0.2, -0.15) is 0 Å². The number of amides is 2. The minimum Gasteiger partial charge on any atom is -0.497 e. The lowest BCUT2D eigenvalue weighted by molar-refractivity contribution is 0.0922. The monoisotopic (exact) mass is 313 g/mol. The van der Waals surface area contributed by atoms with Crippen LogP contribution in [-0.4, -0.2) is 36.0 Å². The third-order valence-corrected chi connectivity index (χ3v) is 3.75. The van der Waals surface area contributed by atoms with Crippen LogP contribution in [0, 0.1) is 13.8 Å². The first-order valence-corrected chi connectivity index (χ1v) is 6.94. The zero-order valence-corrected chi connectivity index (χ0v) is 13.2. The van der Waals surface area contributed by atoms with E-state index in [1.165, 1.54) is 14.2 Å². The average Bonchev–Trinajstić information content (AvgIpc) is 2.78. The second kappa shape index (κ2) is 5.35. The standard InChI is InChI=1S/C16H15N3O4/c1-8-9(2)18-14-13(17-8)15(20)19(16(14)21)11-7-10(22-3)5-6-12(11)23-4/h5-7H,1-4H3. The largest absolute Gasteiger partial charge is 0.497 e. The molecule has 1 aliphatic heterocycles. The first kappa shape index (κ1) is 15.0. The van der Waals surface area contributed by atoms with E-state index in [4.69, 9.17) is 9.47 Å². The SMILES string of the molecule is COc1ccc(OC)c(N2C(=O)c3nc(C)c(C)nc3C2=O)c1. The van der Waals surface area contributed by atoms with Crippen molar-refractivity contribution in [1.29, 1.82) is 0 Å². The molecule has 0 atom stereocenters. The van der Waals surface area contributed by atoms with Crippen LogP contribution in [0.25, 0.3) is 0 Å². The van der Waals surface area contributed by atoms with E-state index in [9.17, 15) is 9.59 Å². The molecule has 0 fully saturated rings. The molecule has 3 rings (SSSR count). The summed E-state index contributed by atoms with van der Waals surface area (Å²) in [6.07, 6.45) is 0. The summed E-state index contributed by atoms with van der Waals surface area (Å²) in [6, 6.07) is 4.89. The van der Waals surface area contributed by atoms with Crippen molar-refractivity contribution in [2.45, 2.75) is 13.8 Å². The van der Waals surface area contributed by atoms with Crippen molar-refractivity contribution in [1.82, 2.24) is 9.97 Å². The van der Waals surface area contributed by atoms with Gasteiger partial charge in [-0.3, -0.25) is 9.59 Å². The molecule has 0 N–H and O–H groups in total. The van der Waals surface area contributed by atoms with Gasteiger partial charge in [0.2, 0.25) is 0 Å². The van der Waals surface area contributed by atoms with E-state index in [0.717, 1.165) is 4.90 Å². The summed E-state index contributed by atoms with van der Waals surface area (Å²) >= 11 is 0. The van der Waals surface area contributed by atoms with Crippen LogP contribution in [0.4, 0.5) is 5.69 Å². The number of fused-ring (bicyclic) bond motifs is 1. The maximum absolute atomic E-state index is 12.6. The van der Waals surface area contributed by atoms with Crippen molar-refractivity contribution in [3.8, 4) is 11.5 Å². The fraction of sp³-hybridized carbons (Fsp3) is 0.250. The molecule has 0 bridgehead atoms. The predicted molar refractivity (Wildman–Crippen MR) is 82.2 cm³/mol. The normalized spacial score (nSPS) is 13.3. The third-order valence-electron chi connectivity index (χ3n) is 3.75. The first-order valence-electron chi connectivity index (χ1n) is 6.94. The predicted octanol–water partition coefficient (Wildman–Crippen LogP) is 1.91. The molecule has 0 aliphatic carbocycles. The Kier molecular flexibility index (Phi) is 3.48.